The van der Waals surface area contributed by atoms with Gasteiger partial charge in [-0.2, -0.15) is 0 Å². The number of carbonyl (C=O) groups excluding carboxylic acids is 2. The Bertz CT molecular complexity index is 1380. The Morgan fingerprint density at radius 2 is 1.61 bits per heavy atom. The van der Waals surface area contributed by atoms with Gasteiger partial charge >= 0.3 is 0 Å². The highest BCUT2D eigenvalue weighted by Crippen LogP contribution is 2.44. The van der Waals surface area contributed by atoms with Crippen molar-refractivity contribution in [3.63, 3.8) is 0 Å². The molecule has 1 atom stereocenters. The van der Waals surface area contributed by atoms with Gasteiger partial charge in [0.1, 0.15) is 11.5 Å². The van der Waals surface area contributed by atoms with Gasteiger partial charge in [-0.15, -0.1) is 0 Å². The van der Waals surface area contributed by atoms with Gasteiger partial charge in [0.05, 0.1) is 31.9 Å². The van der Waals surface area contributed by atoms with Crippen LogP contribution in [-0.2, 0) is 9.59 Å². The molecule has 1 N–H and O–H groups in total. The highest BCUT2D eigenvalue weighted by atomic mass is 16.5. The number of amides is 1. The third-order valence-corrected chi connectivity index (χ3v) is 6.29. The van der Waals surface area contributed by atoms with E-state index in [1.807, 2.05) is 45.0 Å². The largest absolute Gasteiger partial charge is 0.507 e. The van der Waals surface area contributed by atoms with E-state index in [1.54, 1.807) is 54.6 Å². The zero-order valence-electron chi connectivity index (χ0n) is 22.4. The van der Waals surface area contributed by atoms with Crippen molar-refractivity contribution in [1.82, 2.24) is 0 Å². The van der Waals surface area contributed by atoms with Crippen LogP contribution < -0.4 is 24.0 Å². The summed E-state index contributed by atoms with van der Waals surface area (Å²) in [6, 6.07) is 18.4. The molecule has 1 fully saturated rings. The summed E-state index contributed by atoms with van der Waals surface area (Å²) in [5, 5.41) is 11.5. The van der Waals surface area contributed by atoms with Crippen molar-refractivity contribution >= 4 is 28.8 Å². The Labute approximate surface area is 222 Å². The molecular formula is C30H32N2O6. The van der Waals surface area contributed by atoms with Gasteiger partial charge in [0, 0.05) is 31.0 Å². The van der Waals surface area contributed by atoms with Crippen molar-refractivity contribution in [2.45, 2.75) is 26.0 Å². The van der Waals surface area contributed by atoms with Crippen LogP contribution in [0.1, 0.15) is 31.0 Å². The highest BCUT2D eigenvalue weighted by molar-refractivity contribution is 6.51. The number of hydrogen-bond acceptors (Lipinski definition) is 7. The van der Waals surface area contributed by atoms with Crippen molar-refractivity contribution in [2.75, 3.05) is 38.1 Å². The second-order valence-electron chi connectivity index (χ2n) is 9.39. The number of nitrogens with zero attached hydrogens (tertiary/aromatic N) is 2. The Kier molecular flexibility index (Phi) is 7.62. The monoisotopic (exact) mass is 516 g/mol. The van der Waals surface area contributed by atoms with E-state index in [4.69, 9.17) is 14.2 Å². The number of anilines is 2. The van der Waals surface area contributed by atoms with E-state index in [-0.39, 0.29) is 17.4 Å². The molecule has 198 valence electrons. The number of aliphatic hydroxyl groups is 1. The van der Waals surface area contributed by atoms with Crippen molar-refractivity contribution in [1.29, 1.82) is 0 Å². The van der Waals surface area contributed by atoms with Gasteiger partial charge in [-0.1, -0.05) is 18.2 Å². The van der Waals surface area contributed by atoms with Crippen molar-refractivity contribution in [3.8, 4) is 17.2 Å². The van der Waals surface area contributed by atoms with Crippen LogP contribution in [-0.4, -0.2) is 51.2 Å². The molecule has 8 nitrogen and oxygen atoms in total. The molecule has 0 spiro atoms. The van der Waals surface area contributed by atoms with Crippen LogP contribution in [0.4, 0.5) is 11.4 Å². The zero-order valence-corrected chi connectivity index (χ0v) is 22.4. The molecule has 0 bridgehead atoms. The van der Waals surface area contributed by atoms with Gasteiger partial charge in [-0.3, -0.25) is 14.5 Å². The second-order valence-corrected chi connectivity index (χ2v) is 9.39. The van der Waals surface area contributed by atoms with Crippen LogP contribution in [0.25, 0.3) is 5.76 Å². The zero-order chi connectivity index (χ0) is 27.6. The van der Waals surface area contributed by atoms with E-state index in [0.717, 1.165) is 5.69 Å². The van der Waals surface area contributed by atoms with Gasteiger partial charge in [0.25, 0.3) is 11.7 Å². The van der Waals surface area contributed by atoms with Gasteiger partial charge in [0.15, 0.2) is 11.5 Å². The van der Waals surface area contributed by atoms with Gasteiger partial charge in [-0.25, -0.2) is 0 Å². The third-order valence-electron chi connectivity index (χ3n) is 6.29. The van der Waals surface area contributed by atoms with Crippen molar-refractivity contribution in [3.05, 3.63) is 83.4 Å². The standard InChI is InChI=1S/C30H32N2O6/c1-18(2)38-23-9-7-8-20(16-23)28(33)26-27(19-10-15-24(36-5)25(17-19)37-6)32(30(35)29(26)34)22-13-11-21(12-14-22)31(3)4/h7-18,27,33H,1-6H3/b28-26-. The molecule has 1 saturated heterocycles. The molecule has 0 aliphatic carbocycles. The summed E-state index contributed by atoms with van der Waals surface area (Å²) in [7, 11) is 6.88. The average molecular weight is 517 g/mol. The summed E-state index contributed by atoms with van der Waals surface area (Å²) in [6.07, 6.45) is -0.0742. The van der Waals surface area contributed by atoms with E-state index in [0.29, 0.717) is 34.1 Å². The lowest BCUT2D eigenvalue weighted by molar-refractivity contribution is -0.132. The van der Waals surface area contributed by atoms with Crippen LogP contribution in [0.5, 0.6) is 17.2 Å². The molecule has 3 aromatic carbocycles. The van der Waals surface area contributed by atoms with E-state index >= 15 is 0 Å². The Balaban J connectivity index is 1.92. The van der Waals surface area contributed by atoms with Crippen LogP contribution in [0.3, 0.4) is 0 Å². The molecule has 1 aliphatic rings. The normalized spacial score (nSPS) is 16.6. The van der Waals surface area contributed by atoms with E-state index in [9.17, 15) is 14.7 Å². The Morgan fingerprint density at radius 3 is 2.21 bits per heavy atom. The molecule has 38 heavy (non-hydrogen) atoms. The number of rotatable bonds is 8. The topological polar surface area (TPSA) is 88.5 Å². The van der Waals surface area contributed by atoms with E-state index in [1.165, 1.54) is 19.1 Å². The number of ether oxygens (including phenoxy) is 3. The number of carbonyl (C=O) groups is 2. The number of benzene rings is 3. The summed E-state index contributed by atoms with van der Waals surface area (Å²) in [5.74, 6) is -0.328. The van der Waals surface area contributed by atoms with Crippen molar-refractivity contribution in [2.24, 2.45) is 0 Å². The van der Waals surface area contributed by atoms with Crippen LogP contribution in [0.15, 0.2) is 72.3 Å². The fraction of sp³-hybridized carbons (Fsp3) is 0.267. The fourth-order valence-electron chi connectivity index (χ4n) is 4.49. The Hall–Kier alpha value is -4.46. The number of methoxy groups -OCH3 is 2. The predicted molar refractivity (Wildman–Crippen MR) is 147 cm³/mol. The maximum atomic E-state index is 13.5. The number of aliphatic hydroxyl groups excluding tert-OH is 1. The fourth-order valence-corrected chi connectivity index (χ4v) is 4.49. The second kappa shape index (κ2) is 10.9. The quantitative estimate of drug-likeness (QED) is 0.251. The summed E-state index contributed by atoms with van der Waals surface area (Å²) in [6.45, 7) is 3.80. The highest BCUT2D eigenvalue weighted by Gasteiger charge is 2.47. The lowest BCUT2D eigenvalue weighted by atomic mass is 9.94. The van der Waals surface area contributed by atoms with Gasteiger partial charge in [0.2, 0.25) is 0 Å². The first-order valence-electron chi connectivity index (χ1n) is 12.2. The molecule has 4 rings (SSSR count). The lowest BCUT2D eigenvalue weighted by Gasteiger charge is -2.26. The third kappa shape index (κ3) is 5.02. The molecule has 1 unspecified atom stereocenters. The average Bonchev–Trinajstić information content (AvgIpc) is 3.17. The predicted octanol–water partition coefficient (Wildman–Crippen LogP) is 5.18. The summed E-state index contributed by atoms with van der Waals surface area (Å²) < 4.78 is 16.6. The maximum absolute atomic E-state index is 13.5. The van der Waals surface area contributed by atoms with E-state index in [2.05, 4.69) is 0 Å². The van der Waals surface area contributed by atoms with Crippen LogP contribution in [0, 0.1) is 0 Å². The molecule has 1 aliphatic heterocycles. The number of Topliss-reactive ketones (excluding diaryl/α,β-unsaturated/α-hetero) is 1. The van der Waals surface area contributed by atoms with Gasteiger partial charge < -0.3 is 24.2 Å². The molecule has 0 saturated carbocycles. The maximum Gasteiger partial charge on any atom is 0.300 e. The van der Waals surface area contributed by atoms with Crippen LogP contribution >= 0.6 is 0 Å². The molecule has 8 heteroatoms. The van der Waals surface area contributed by atoms with Crippen LogP contribution in [0.2, 0.25) is 0 Å². The molecular weight excluding hydrogens is 484 g/mol. The molecule has 0 radical (unpaired) electrons. The summed E-state index contributed by atoms with van der Waals surface area (Å²) >= 11 is 0. The Morgan fingerprint density at radius 1 is 0.921 bits per heavy atom. The molecule has 1 heterocycles. The van der Waals surface area contributed by atoms with Crippen molar-refractivity contribution < 1.29 is 28.9 Å². The first-order valence-corrected chi connectivity index (χ1v) is 12.2. The molecule has 1 amide bonds. The summed E-state index contributed by atoms with van der Waals surface area (Å²) in [5.41, 5.74) is 2.38. The SMILES string of the molecule is COc1ccc(C2/C(=C(/O)c3cccc(OC(C)C)c3)C(=O)C(=O)N2c2ccc(N(C)C)cc2)cc1OC. The summed E-state index contributed by atoms with van der Waals surface area (Å²) in [4.78, 5) is 30.3. The first-order chi connectivity index (χ1) is 18.2. The number of hydrogen-bond donors (Lipinski definition) is 1. The minimum absolute atomic E-state index is 0.0272. The minimum Gasteiger partial charge on any atom is -0.507 e. The van der Waals surface area contributed by atoms with E-state index < -0.39 is 17.7 Å². The smallest absolute Gasteiger partial charge is 0.300 e. The van der Waals surface area contributed by atoms with Gasteiger partial charge in [-0.05, 0) is 67.9 Å². The molecule has 0 aromatic heterocycles. The lowest BCUT2D eigenvalue weighted by Crippen LogP contribution is -2.29. The first kappa shape index (κ1) is 26.6. The molecule has 3 aromatic rings. The number of ketones is 1. The minimum atomic E-state index is -0.908.